The van der Waals surface area contributed by atoms with Crippen LogP contribution in [0.15, 0.2) is 39.4 Å². The summed E-state index contributed by atoms with van der Waals surface area (Å²) in [7, 11) is 2.58. The number of carbonyl (C=O) groups is 1. The minimum absolute atomic E-state index is 0.267. The minimum Gasteiger partial charge on any atom is -0.494 e. The number of nitriles is 1. The molecule has 0 aliphatic rings. The summed E-state index contributed by atoms with van der Waals surface area (Å²) in [6.07, 6.45) is 1.35. The topological polar surface area (TPSA) is 120 Å². The lowest BCUT2D eigenvalue weighted by Gasteiger charge is -2.10. The number of allylic oxidation sites excluding steroid dienone is 1. The zero-order chi connectivity index (χ0) is 19.4. The fourth-order valence-electron chi connectivity index (χ4n) is 2.35. The van der Waals surface area contributed by atoms with E-state index in [1.165, 1.54) is 20.2 Å². The van der Waals surface area contributed by atoms with Gasteiger partial charge in [0.15, 0.2) is 0 Å². The van der Waals surface area contributed by atoms with Crippen LogP contribution in [0.3, 0.4) is 0 Å². The number of hydrogen-bond donors (Lipinski definition) is 1. The van der Waals surface area contributed by atoms with Gasteiger partial charge in [-0.2, -0.15) is 5.26 Å². The van der Waals surface area contributed by atoms with Crippen molar-refractivity contribution < 1.29 is 9.53 Å². The largest absolute Gasteiger partial charge is 0.494 e. The third kappa shape index (κ3) is 3.42. The summed E-state index contributed by atoms with van der Waals surface area (Å²) in [6.45, 7) is 2.38. The second-order valence-electron chi connectivity index (χ2n) is 5.47. The average Bonchev–Trinajstić information content (AvgIpc) is 2.64. The van der Waals surface area contributed by atoms with Gasteiger partial charge in [-0.25, -0.2) is 4.79 Å². The number of ether oxygens (including phenoxy) is 1. The van der Waals surface area contributed by atoms with E-state index in [-0.39, 0.29) is 11.4 Å². The van der Waals surface area contributed by atoms with E-state index >= 15 is 0 Å². The van der Waals surface area contributed by atoms with Crippen molar-refractivity contribution in [3.63, 3.8) is 0 Å². The van der Waals surface area contributed by atoms with Crippen LogP contribution in [0, 0.1) is 11.3 Å². The van der Waals surface area contributed by atoms with E-state index in [1.807, 2.05) is 6.92 Å². The molecule has 2 aromatic rings. The number of nitrogens with zero attached hydrogens (tertiary/aromatic N) is 3. The van der Waals surface area contributed by atoms with Crippen LogP contribution in [0.2, 0.25) is 0 Å². The van der Waals surface area contributed by atoms with Crippen molar-refractivity contribution in [1.29, 1.82) is 5.26 Å². The monoisotopic (exact) mass is 354 g/mol. The minimum atomic E-state index is -0.844. The molecule has 0 unspecified atom stereocenters. The first-order valence-corrected chi connectivity index (χ1v) is 7.76. The van der Waals surface area contributed by atoms with Crippen LogP contribution in [-0.2, 0) is 14.1 Å². The Kier molecular flexibility index (Phi) is 5.42. The number of hydrogen-bond acceptors (Lipinski definition) is 6. The van der Waals surface area contributed by atoms with Crippen molar-refractivity contribution >= 4 is 17.7 Å². The van der Waals surface area contributed by atoms with Gasteiger partial charge in [0, 0.05) is 14.1 Å². The first-order chi connectivity index (χ1) is 12.3. The quantitative estimate of drug-likeness (QED) is 0.483. The van der Waals surface area contributed by atoms with Crippen LogP contribution >= 0.6 is 0 Å². The summed E-state index contributed by atoms with van der Waals surface area (Å²) < 4.78 is 7.09. The number of nitrogen functional groups attached to an aromatic ring is 1. The van der Waals surface area contributed by atoms with Gasteiger partial charge in [-0.3, -0.25) is 18.7 Å². The number of carbonyl (C=O) groups excluding carboxylic acids is 1. The summed E-state index contributed by atoms with van der Waals surface area (Å²) in [5, 5.41) is 9.35. The van der Waals surface area contributed by atoms with Crippen LogP contribution in [-0.4, -0.2) is 21.5 Å². The van der Waals surface area contributed by atoms with Gasteiger partial charge in [0.05, 0.1) is 6.61 Å². The first kappa shape index (κ1) is 18.7. The average molecular weight is 354 g/mol. The van der Waals surface area contributed by atoms with Crippen LogP contribution in [0.1, 0.15) is 22.8 Å². The number of anilines is 1. The van der Waals surface area contributed by atoms with Crippen LogP contribution < -0.4 is 21.7 Å². The van der Waals surface area contributed by atoms with E-state index in [9.17, 15) is 19.6 Å². The van der Waals surface area contributed by atoms with E-state index in [1.54, 1.807) is 30.3 Å². The van der Waals surface area contributed by atoms with Crippen molar-refractivity contribution in [1.82, 2.24) is 9.13 Å². The Morgan fingerprint density at radius 2 is 1.85 bits per heavy atom. The molecule has 1 heterocycles. The molecule has 134 valence electrons. The molecule has 2 rings (SSSR count). The fraction of sp³-hybridized carbons (Fsp3) is 0.222. The molecule has 1 aromatic carbocycles. The molecular weight excluding hydrogens is 336 g/mol. The predicted molar refractivity (Wildman–Crippen MR) is 96.9 cm³/mol. The lowest BCUT2D eigenvalue weighted by atomic mass is 10.0. The predicted octanol–water partition coefficient (Wildman–Crippen LogP) is 0.855. The number of ketones is 1. The first-order valence-electron chi connectivity index (χ1n) is 7.76. The van der Waals surface area contributed by atoms with Crippen molar-refractivity contribution in [2.75, 3.05) is 12.3 Å². The molecule has 1 aromatic heterocycles. The maximum Gasteiger partial charge on any atom is 0.332 e. The van der Waals surface area contributed by atoms with Crippen molar-refractivity contribution in [3.8, 4) is 11.8 Å². The molecule has 0 saturated heterocycles. The third-order valence-corrected chi connectivity index (χ3v) is 3.80. The second-order valence-corrected chi connectivity index (χ2v) is 5.47. The molecule has 0 bridgehead atoms. The van der Waals surface area contributed by atoms with Gasteiger partial charge in [-0.05, 0) is 30.7 Å². The van der Waals surface area contributed by atoms with Crippen LogP contribution in [0.5, 0.6) is 5.75 Å². The van der Waals surface area contributed by atoms with E-state index in [0.717, 1.165) is 9.13 Å². The lowest BCUT2D eigenvalue weighted by Crippen LogP contribution is -2.41. The number of benzene rings is 1. The number of nitrogens with two attached hydrogens (primary N) is 1. The Hall–Kier alpha value is -3.60. The van der Waals surface area contributed by atoms with Crippen molar-refractivity contribution in [2.45, 2.75) is 6.92 Å². The van der Waals surface area contributed by atoms with Gasteiger partial charge in [-0.15, -0.1) is 0 Å². The molecule has 0 amide bonds. The zero-order valence-electron chi connectivity index (χ0n) is 14.6. The molecule has 0 aliphatic heterocycles. The molecule has 0 spiro atoms. The molecule has 0 fully saturated rings. The number of Topliss-reactive ketones (excluding diaryl/α,β-unsaturated/α-hetero) is 1. The Labute approximate surface area is 149 Å². The fourth-order valence-corrected chi connectivity index (χ4v) is 2.35. The summed E-state index contributed by atoms with van der Waals surface area (Å²) in [5.74, 6) is -0.461. The molecule has 0 saturated carbocycles. The molecule has 0 radical (unpaired) electrons. The van der Waals surface area contributed by atoms with Gasteiger partial charge in [0.2, 0.25) is 5.78 Å². The standard InChI is InChI=1S/C18H18N4O4/c1-4-26-13-7-5-11(6-8-13)9-12(10-19)15(23)14-16(20)21(2)18(25)22(3)17(14)24/h5-9H,4,20H2,1-3H3/b12-9+. The Balaban J connectivity index is 2.52. The van der Waals surface area contributed by atoms with Gasteiger partial charge in [-0.1, -0.05) is 12.1 Å². The maximum absolute atomic E-state index is 12.7. The summed E-state index contributed by atoms with van der Waals surface area (Å²) in [6, 6.07) is 8.55. The van der Waals surface area contributed by atoms with Crippen LogP contribution in [0.4, 0.5) is 5.82 Å². The summed E-state index contributed by atoms with van der Waals surface area (Å²) >= 11 is 0. The maximum atomic E-state index is 12.7. The summed E-state index contributed by atoms with van der Waals surface area (Å²) in [4.78, 5) is 36.8. The normalized spacial score (nSPS) is 11.1. The SMILES string of the molecule is CCOc1ccc(/C=C(\C#N)C(=O)c2c(N)n(C)c(=O)n(C)c2=O)cc1. The highest BCUT2D eigenvalue weighted by Gasteiger charge is 2.23. The molecular formula is C18H18N4O4. The van der Waals surface area contributed by atoms with E-state index in [0.29, 0.717) is 17.9 Å². The third-order valence-electron chi connectivity index (χ3n) is 3.80. The van der Waals surface area contributed by atoms with E-state index in [2.05, 4.69) is 0 Å². The molecule has 8 heteroatoms. The highest BCUT2D eigenvalue weighted by molar-refractivity contribution is 6.16. The molecule has 0 aliphatic carbocycles. The van der Waals surface area contributed by atoms with E-state index < -0.39 is 22.6 Å². The molecule has 2 N–H and O–H groups in total. The lowest BCUT2D eigenvalue weighted by molar-refractivity contribution is 0.103. The smallest absolute Gasteiger partial charge is 0.332 e. The Morgan fingerprint density at radius 3 is 2.38 bits per heavy atom. The Morgan fingerprint density at radius 1 is 1.23 bits per heavy atom. The Bertz CT molecular complexity index is 1040. The number of aromatic nitrogens is 2. The number of rotatable bonds is 5. The van der Waals surface area contributed by atoms with Crippen LogP contribution in [0.25, 0.3) is 6.08 Å². The van der Waals surface area contributed by atoms with Gasteiger partial charge < -0.3 is 10.5 Å². The molecule has 26 heavy (non-hydrogen) atoms. The van der Waals surface area contributed by atoms with Gasteiger partial charge in [0.25, 0.3) is 5.56 Å². The highest BCUT2D eigenvalue weighted by Crippen LogP contribution is 2.17. The molecule has 8 nitrogen and oxygen atoms in total. The van der Waals surface area contributed by atoms with E-state index in [4.69, 9.17) is 10.5 Å². The molecule has 0 atom stereocenters. The zero-order valence-corrected chi connectivity index (χ0v) is 14.6. The second kappa shape index (κ2) is 7.53. The van der Waals surface area contributed by atoms with Crippen molar-refractivity contribution in [2.24, 2.45) is 14.1 Å². The highest BCUT2D eigenvalue weighted by atomic mass is 16.5. The van der Waals surface area contributed by atoms with Gasteiger partial charge >= 0.3 is 5.69 Å². The van der Waals surface area contributed by atoms with Gasteiger partial charge in [0.1, 0.15) is 28.8 Å². The summed E-state index contributed by atoms with van der Waals surface area (Å²) in [5.41, 5.74) is 4.18. The van der Waals surface area contributed by atoms with Crippen molar-refractivity contribution in [3.05, 3.63) is 61.8 Å².